The molecule has 1 fully saturated rings. The largest absolute Gasteiger partial charge is 0.382 e. The number of aryl methyl sites for hydroxylation is 1. The number of anilines is 1. The number of hydrogen-bond acceptors (Lipinski definition) is 2. The van der Waals surface area contributed by atoms with Gasteiger partial charge in [-0.15, -0.1) is 0 Å². The van der Waals surface area contributed by atoms with E-state index in [1.807, 2.05) is 31.2 Å². The first-order valence-electron chi connectivity index (χ1n) is 5.35. The normalized spacial score (nSPS) is 20.0. The summed E-state index contributed by atoms with van der Waals surface area (Å²) in [6, 6.07) is 7.97. The first-order valence-corrected chi connectivity index (χ1v) is 5.35. The Morgan fingerprint density at radius 3 is 2.75 bits per heavy atom. The molecular weight excluding hydrogens is 204 g/mol. The van der Waals surface area contributed by atoms with E-state index in [-0.39, 0.29) is 12.1 Å². The lowest BCUT2D eigenvalue weighted by atomic mass is 10.2. The van der Waals surface area contributed by atoms with E-state index in [1.54, 1.807) is 12.0 Å². The van der Waals surface area contributed by atoms with Crippen LogP contribution in [0.3, 0.4) is 0 Å². The van der Waals surface area contributed by atoms with Crippen LogP contribution in [0.2, 0.25) is 0 Å². The standard InChI is InChI=1S/C12H16N2O2/c1-9-3-5-10(6-4-9)14-11(8-16-2)7-13-12(14)15/h3-6,11H,7-8H2,1-2H3,(H,13,15). The molecule has 0 radical (unpaired) electrons. The second-order valence-corrected chi connectivity index (χ2v) is 4.00. The van der Waals surface area contributed by atoms with Gasteiger partial charge >= 0.3 is 6.03 Å². The van der Waals surface area contributed by atoms with Crippen LogP contribution in [-0.2, 0) is 4.74 Å². The lowest BCUT2D eigenvalue weighted by molar-refractivity contribution is 0.184. The van der Waals surface area contributed by atoms with E-state index in [9.17, 15) is 4.79 Å². The Kier molecular flexibility index (Phi) is 3.10. The molecule has 1 unspecified atom stereocenters. The van der Waals surface area contributed by atoms with E-state index in [1.165, 1.54) is 5.56 Å². The number of methoxy groups -OCH3 is 1. The monoisotopic (exact) mass is 220 g/mol. The summed E-state index contributed by atoms with van der Waals surface area (Å²) >= 11 is 0. The van der Waals surface area contributed by atoms with E-state index in [4.69, 9.17) is 4.74 Å². The van der Waals surface area contributed by atoms with Crippen LogP contribution >= 0.6 is 0 Å². The third-order valence-corrected chi connectivity index (χ3v) is 2.74. The molecule has 16 heavy (non-hydrogen) atoms. The predicted molar refractivity (Wildman–Crippen MR) is 62.7 cm³/mol. The number of amides is 2. The highest BCUT2D eigenvalue weighted by Gasteiger charge is 2.31. The Balaban J connectivity index is 2.22. The molecule has 1 saturated heterocycles. The summed E-state index contributed by atoms with van der Waals surface area (Å²) in [5.41, 5.74) is 2.11. The Hall–Kier alpha value is -1.55. The first kappa shape index (κ1) is 11.0. The second-order valence-electron chi connectivity index (χ2n) is 4.00. The number of carbonyl (C=O) groups excluding carboxylic acids is 1. The lowest BCUT2D eigenvalue weighted by Gasteiger charge is -2.22. The predicted octanol–water partition coefficient (Wildman–Crippen LogP) is 1.54. The molecule has 0 aliphatic carbocycles. The molecule has 2 amide bonds. The number of nitrogens with one attached hydrogen (secondary N) is 1. The highest BCUT2D eigenvalue weighted by Crippen LogP contribution is 2.20. The Labute approximate surface area is 95.2 Å². The van der Waals surface area contributed by atoms with E-state index in [2.05, 4.69) is 5.32 Å². The zero-order chi connectivity index (χ0) is 11.5. The van der Waals surface area contributed by atoms with Gasteiger partial charge in [0.15, 0.2) is 0 Å². The molecule has 1 aliphatic heterocycles. The molecule has 0 saturated carbocycles. The average Bonchev–Trinajstić information content (AvgIpc) is 2.62. The fourth-order valence-corrected chi connectivity index (χ4v) is 1.91. The number of rotatable bonds is 3. The molecule has 0 bridgehead atoms. The molecule has 1 aromatic rings. The van der Waals surface area contributed by atoms with Gasteiger partial charge in [0.05, 0.1) is 12.6 Å². The van der Waals surface area contributed by atoms with Crippen molar-refractivity contribution in [3.63, 3.8) is 0 Å². The molecule has 4 nitrogen and oxygen atoms in total. The maximum atomic E-state index is 11.7. The van der Waals surface area contributed by atoms with Gasteiger partial charge in [-0.3, -0.25) is 4.90 Å². The zero-order valence-electron chi connectivity index (χ0n) is 9.56. The summed E-state index contributed by atoms with van der Waals surface area (Å²) < 4.78 is 5.12. The molecule has 0 aromatic heterocycles. The molecule has 2 rings (SSSR count). The Morgan fingerprint density at radius 2 is 2.12 bits per heavy atom. The van der Waals surface area contributed by atoms with Crippen molar-refractivity contribution in [2.45, 2.75) is 13.0 Å². The van der Waals surface area contributed by atoms with E-state index < -0.39 is 0 Å². The van der Waals surface area contributed by atoms with Gasteiger partial charge in [-0.25, -0.2) is 4.79 Å². The maximum Gasteiger partial charge on any atom is 0.322 e. The van der Waals surface area contributed by atoms with Gasteiger partial charge in [-0.1, -0.05) is 17.7 Å². The van der Waals surface area contributed by atoms with Crippen LogP contribution in [0, 0.1) is 6.92 Å². The average molecular weight is 220 g/mol. The minimum absolute atomic E-state index is 0.0501. The van der Waals surface area contributed by atoms with Gasteiger partial charge in [-0.2, -0.15) is 0 Å². The van der Waals surface area contributed by atoms with Crippen molar-refractivity contribution in [3.05, 3.63) is 29.8 Å². The van der Waals surface area contributed by atoms with Crippen LogP contribution in [0.15, 0.2) is 24.3 Å². The quantitative estimate of drug-likeness (QED) is 0.839. The van der Waals surface area contributed by atoms with Gasteiger partial charge in [0.1, 0.15) is 0 Å². The van der Waals surface area contributed by atoms with Gasteiger partial charge in [-0.05, 0) is 19.1 Å². The van der Waals surface area contributed by atoms with Crippen LogP contribution in [0.1, 0.15) is 5.56 Å². The van der Waals surface area contributed by atoms with E-state index in [0.29, 0.717) is 13.2 Å². The van der Waals surface area contributed by atoms with Crippen molar-refractivity contribution >= 4 is 11.7 Å². The molecular formula is C12H16N2O2. The highest BCUT2D eigenvalue weighted by atomic mass is 16.5. The highest BCUT2D eigenvalue weighted by molar-refractivity contribution is 5.94. The number of nitrogens with zero attached hydrogens (tertiary/aromatic N) is 1. The van der Waals surface area contributed by atoms with Crippen molar-refractivity contribution in [2.75, 3.05) is 25.2 Å². The lowest BCUT2D eigenvalue weighted by Crippen LogP contribution is -2.36. The van der Waals surface area contributed by atoms with Crippen molar-refractivity contribution < 1.29 is 9.53 Å². The molecule has 1 N–H and O–H groups in total. The Bertz CT molecular complexity index is 375. The van der Waals surface area contributed by atoms with Crippen molar-refractivity contribution in [1.29, 1.82) is 0 Å². The minimum atomic E-state index is -0.0501. The molecule has 1 heterocycles. The molecule has 1 aromatic carbocycles. The van der Waals surface area contributed by atoms with Crippen molar-refractivity contribution in [3.8, 4) is 0 Å². The summed E-state index contributed by atoms with van der Waals surface area (Å²) in [4.78, 5) is 13.5. The summed E-state index contributed by atoms with van der Waals surface area (Å²) in [5.74, 6) is 0. The minimum Gasteiger partial charge on any atom is -0.382 e. The van der Waals surface area contributed by atoms with Gasteiger partial charge in [0, 0.05) is 19.3 Å². The van der Waals surface area contributed by atoms with Gasteiger partial charge < -0.3 is 10.1 Å². The molecule has 1 aliphatic rings. The van der Waals surface area contributed by atoms with E-state index in [0.717, 1.165) is 5.69 Å². The summed E-state index contributed by atoms with van der Waals surface area (Å²) in [5, 5.41) is 2.82. The van der Waals surface area contributed by atoms with Crippen LogP contribution in [-0.4, -0.2) is 32.3 Å². The smallest absolute Gasteiger partial charge is 0.322 e. The topological polar surface area (TPSA) is 41.6 Å². The molecule has 86 valence electrons. The maximum absolute atomic E-state index is 11.7. The second kappa shape index (κ2) is 4.53. The first-order chi connectivity index (χ1) is 7.72. The fourth-order valence-electron chi connectivity index (χ4n) is 1.91. The van der Waals surface area contributed by atoms with Gasteiger partial charge in [0.2, 0.25) is 0 Å². The fraction of sp³-hybridized carbons (Fsp3) is 0.417. The molecule has 4 heteroatoms. The number of hydrogen-bond donors (Lipinski definition) is 1. The Morgan fingerprint density at radius 1 is 1.44 bits per heavy atom. The summed E-state index contributed by atoms with van der Waals surface area (Å²) in [6.07, 6.45) is 0. The van der Waals surface area contributed by atoms with Crippen LogP contribution in [0.25, 0.3) is 0 Å². The van der Waals surface area contributed by atoms with Crippen molar-refractivity contribution in [2.24, 2.45) is 0 Å². The van der Waals surface area contributed by atoms with Crippen LogP contribution < -0.4 is 10.2 Å². The van der Waals surface area contributed by atoms with E-state index >= 15 is 0 Å². The summed E-state index contributed by atoms with van der Waals surface area (Å²) in [6.45, 7) is 3.22. The van der Waals surface area contributed by atoms with Crippen LogP contribution in [0.5, 0.6) is 0 Å². The van der Waals surface area contributed by atoms with Crippen molar-refractivity contribution in [1.82, 2.24) is 5.32 Å². The number of benzene rings is 1. The van der Waals surface area contributed by atoms with Gasteiger partial charge in [0.25, 0.3) is 0 Å². The van der Waals surface area contributed by atoms with Crippen LogP contribution in [0.4, 0.5) is 10.5 Å². The molecule has 1 atom stereocenters. The SMILES string of the molecule is COCC1CNC(=O)N1c1ccc(C)cc1. The number of ether oxygens (including phenoxy) is 1. The molecule has 0 spiro atoms. The third kappa shape index (κ3) is 2.02. The third-order valence-electron chi connectivity index (χ3n) is 2.74. The number of urea groups is 1. The number of carbonyl (C=O) groups is 1. The zero-order valence-corrected chi connectivity index (χ0v) is 9.56. The summed E-state index contributed by atoms with van der Waals surface area (Å²) in [7, 11) is 1.65.